The van der Waals surface area contributed by atoms with Crippen LogP contribution in [0.4, 0.5) is 5.13 Å². The van der Waals surface area contributed by atoms with Crippen molar-refractivity contribution in [3.05, 3.63) is 45.9 Å². The largest absolute Gasteiger partial charge is 0.347 e. The predicted molar refractivity (Wildman–Crippen MR) is 119 cm³/mol. The summed E-state index contributed by atoms with van der Waals surface area (Å²) in [6.45, 7) is 0.00376. The highest BCUT2D eigenvalue weighted by Gasteiger charge is 2.54. The molecule has 0 unspecified atom stereocenters. The lowest BCUT2D eigenvalue weighted by Crippen LogP contribution is -2.54. The number of thiazole rings is 1. The fourth-order valence-corrected chi connectivity index (χ4v) is 7.27. The van der Waals surface area contributed by atoms with E-state index in [2.05, 4.69) is 15.6 Å². The number of amides is 2. The summed E-state index contributed by atoms with van der Waals surface area (Å²) in [6, 6.07) is 7.72. The summed E-state index contributed by atoms with van der Waals surface area (Å²) in [5.74, 6) is 1.99. The van der Waals surface area contributed by atoms with Crippen LogP contribution in [-0.4, -0.2) is 23.3 Å². The van der Waals surface area contributed by atoms with Gasteiger partial charge in [0.15, 0.2) is 5.13 Å². The van der Waals surface area contributed by atoms with Crippen molar-refractivity contribution in [1.82, 2.24) is 10.3 Å². The molecule has 4 aliphatic rings. The van der Waals surface area contributed by atoms with Gasteiger partial charge >= 0.3 is 0 Å². The maximum atomic E-state index is 13.0. The van der Waals surface area contributed by atoms with E-state index in [4.69, 9.17) is 11.6 Å². The van der Waals surface area contributed by atoms with Crippen LogP contribution in [0, 0.1) is 23.2 Å². The molecule has 4 aliphatic carbocycles. The SMILES string of the molecule is O=C(CNC(=O)C12CC3CC(CC(C3)C1)C2)Nc1ncc(Cc2cccc(Cl)c2)s1. The van der Waals surface area contributed by atoms with Crippen LogP contribution in [0.2, 0.25) is 5.02 Å². The summed E-state index contributed by atoms with van der Waals surface area (Å²) in [4.78, 5) is 30.7. The van der Waals surface area contributed by atoms with Crippen molar-refractivity contribution >= 4 is 39.9 Å². The molecule has 0 saturated heterocycles. The summed E-state index contributed by atoms with van der Waals surface area (Å²) < 4.78 is 0. The number of aromatic nitrogens is 1. The average Bonchev–Trinajstić information content (AvgIpc) is 3.11. The number of carbonyl (C=O) groups excluding carboxylic acids is 2. The van der Waals surface area contributed by atoms with Crippen molar-refractivity contribution in [2.45, 2.75) is 44.9 Å². The molecule has 0 aliphatic heterocycles. The summed E-state index contributed by atoms with van der Waals surface area (Å²) in [6.07, 6.45) is 9.41. The van der Waals surface area contributed by atoms with Crippen molar-refractivity contribution in [3.8, 4) is 0 Å². The van der Waals surface area contributed by atoms with Crippen LogP contribution in [0.25, 0.3) is 0 Å². The molecule has 4 saturated carbocycles. The lowest BCUT2D eigenvalue weighted by molar-refractivity contribution is -0.146. The van der Waals surface area contributed by atoms with Gasteiger partial charge in [-0.1, -0.05) is 23.7 Å². The van der Waals surface area contributed by atoms with Gasteiger partial charge in [0.25, 0.3) is 0 Å². The number of nitrogens with one attached hydrogen (secondary N) is 2. The molecule has 2 aromatic rings. The fraction of sp³-hybridized carbons (Fsp3) is 0.522. The molecule has 6 rings (SSSR count). The highest BCUT2D eigenvalue weighted by Crippen LogP contribution is 2.60. The van der Waals surface area contributed by atoms with E-state index in [0.717, 1.165) is 36.1 Å². The number of benzene rings is 1. The Morgan fingerprint density at radius 1 is 1.13 bits per heavy atom. The van der Waals surface area contributed by atoms with Crippen LogP contribution < -0.4 is 10.6 Å². The normalized spacial score (nSPS) is 29.0. The monoisotopic (exact) mass is 443 g/mol. The number of hydrogen-bond donors (Lipinski definition) is 2. The van der Waals surface area contributed by atoms with Crippen LogP contribution in [0.5, 0.6) is 0 Å². The standard InChI is InChI=1S/C23H26ClN3O2S/c24-18-3-1-2-14(7-18)8-19-12-26-22(30-19)27-20(28)13-25-21(29)23-9-15-4-16(10-23)6-17(5-15)11-23/h1-3,7,12,15-17H,4-6,8-11,13H2,(H,25,29)(H,26,27,28). The second-order valence-electron chi connectivity index (χ2n) is 9.37. The van der Waals surface area contributed by atoms with Gasteiger partial charge in [-0.25, -0.2) is 4.98 Å². The summed E-state index contributed by atoms with van der Waals surface area (Å²) in [5, 5.41) is 7.01. The van der Waals surface area contributed by atoms with E-state index in [1.54, 1.807) is 6.20 Å². The van der Waals surface area contributed by atoms with Crippen LogP contribution >= 0.6 is 22.9 Å². The fourth-order valence-electron chi connectivity index (χ4n) is 6.20. The molecular weight excluding hydrogens is 418 g/mol. The van der Waals surface area contributed by atoms with Gasteiger partial charge in [0.2, 0.25) is 11.8 Å². The molecule has 2 N–H and O–H groups in total. The van der Waals surface area contributed by atoms with Gasteiger partial charge in [0.1, 0.15) is 0 Å². The summed E-state index contributed by atoms with van der Waals surface area (Å²) >= 11 is 7.48. The number of rotatable bonds is 6. The van der Waals surface area contributed by atoms with Gasteiger partial charge in [0, 0.05) is 27.9 Å². The lowest BCUT2D eigenvalue weighted by Gasteiger charge is -2.55. The number of hydrogen-bond acceptors (Lipinski definition) is 4. The first-order valence-electron chi connectivity index (χ1n) is 10.7. The first kappa shape index (κ1) is 20.0. The molecule has 1 heterocycles. The molecule has 2 amide bonds. The van der Waals surface area contributed by atoms with Gasteiger partial charge in [-0.3, -0.25) is 9.59 Å². The topological polar surface area (TPSA) is 71.1 Å². The van der Waals surface area contributed by atoms with Crippen molar-refractivity contribution in [3.63, 3.8) is 0 Å². The molecule has 30 heavy (non-hydrogen) atoms. The Kier molecular flexibility index (Phi) is 5.31. The zero-order valence-electron chi connectivity index (χ0n) is 16.8. The van der Waals surface area contributed by atoms with Crippen molar-refractivity contribution in [2.24, 2.45) is 23.2 Å². The molecule has 7 heteroatoms. The quantitative estimate of drug-likeness (QED) is 0.682. The highest BCUT2D eigenvalue weighted by molar-refractivity contribution is 7.15. The van der Waals surface area contributed by atoms with Crippen molar-refractivity contribution in [1.29, 1.82) is 0 Å². The van der Waals surface area contributed by atoms with Crippen molar-refractivity contribution < 1.29 is 9.59 Å². The summed E-state index contributed by atoms with van der Waals surface area (Å²) in [7, 11) is 0. The van der Waals surface area contributed by atoms with Crippen molar-refractivity contribution in [2.75, 3.05) is 11.9 Å². The average molecular weight is 444 g/mol. The first-order valence-corrected chi connectivity index (χ1v) is 11.9. The zero-order valence-corrected chi connectivity index (χ0v) is 18.4. The van der Waals surface area contributed by atoms with Gasteiger partial charge < -0.3 is 10.6 Å². The molecule has 1 aromatic carbocycles. The molecule has 0 atom stereocenters. The third-order valence-corrected chi connectivity index (χ3v) is 8.14. The molecule has 0 spiro atoms. The minimum Gasteiger partial charge on any atom is -0.347 e. The van der Waals surface area contributed by atoms with E-state index in [1.807, 2.05) is 24.3 Å². The van der Waals surface area contributed by atoms with Crippen LogP contribution in [0.1, 0.15) is 49.0 Å². The Balaban J connectivity index is 1.14. The van der Waals surface area contributed by atoms with E-state index in [0.29, 0.717) is 27.9 Å². The molecule has 0 radical (unpaired) electrons. The number of halogens is 1. The number of nitrogens with zero attached hydrogens (tertiary/aromatic N) is 1. The first-order chi connectivity index (χ1) is 14.5. The molecule has 1 aromatic heterocycles. The molecule has 4 fully saturated rings. The molecular formula is C23H26ClN3O2S. The van der Waals surface area contributed by atoms with Gasteiger partial charge in [-0.2, -0.15) is 0 Å². The van der Waals surface area contributed by atoms with E-state index in [-0.39, 0.29) is 23.8 Å². The van der Waals surface area contributed by atoms with E-state index in [1.165, 1.54) is 30.6 Å². The Morgan fingerprint density at radius 3 is 2.50 bits per heavy atom. The van der Waals surface area contributed by atoms with Gasteiger partial charge in [-0.15, -0.1) is 11.3 Å². The molecule has 4 bridgehead atoms. The Morgan fingerprint density at radius 2 is 1.83 bits per heavy atom. The van der Waals surface area contributed by atoms with Gasteiger partial charge in [0.05, 0.1) is 6.54 Å². The highest BCUT2D eigenvalue weighted by atomic mass is 35.5. The Labute approximate surface area is 185 Å². The zero-order chi connectivity index (χ0) is 20.7. The van der Waals surface area contributed by atoms with E-state index < -0.39 is 0 Å². The van der Waals surface area contributed by atoms with E-state index in [9.17, 15) is 9.59 Å². The minimum absolute atomic E-state index is 0.00376. The number of carbonyl (C=O) groups is 2. The third kappa shape index (κ3) is 4.12. The van der Waals surface area contributed by atoms with Gasteiger partial charge in [-0.05, 0) is 74.0 Å². The Bertz CT molecular complexity index is 938. The maximum absolute atomic E-state index is 13.0. The summed E-state index contributed by atoms with van der Waals surface area (Å²) in [5.41, 5.74) is 0.882. The third-order valence-electron chi connectivity index (χ3n) is 7.00. The second-order valence-corrected chi connectivity index (χ2v) is 10.9. The lowest BCUT2D eigenvalue weighted by atomic mass is 9.49. The Hall–Kier alpha value is -1.92. The second kappa shape index (κ2) is 7.97. The smallest absolute Gasteiger partial charge is 0.245 e. The van der Waals surface area contributed by atoms with Crippen LogP contribution in [-0.2, 0) is 16.0 Å². The van der Waals surface area contributed by atoms with Crippen LogP contribution in [0.15, 0.2) is 30.5 Å². The minimum atomic E-state index is -0.225. The van der Waals surface area contributed by atoms with Crippen LogP contribution in [0.3, 0.4) is 0 Å². The molecule has 158 valence electrons. The maximum Gasteiger partial charge on any atom is 0.245 e. The predicted octanol–water partition coefficient (Wildman–Crippen LogP) is 4.66. The molecule has 5 nitrogen and oxygen atoms in total. The number of anilines is 1. The van der Waals surface area contributed by atoms with E-state index >= 15 is 0 Å².